The number of fused-ring (bicyclic) bond motifs is 2. The molecule has 5 saturated heterocycles. The molecule has 0 aromatic rings. The Bertz CT molecular complexity index is 1540. The van der Waals surface area contributed by atoms with Crippen LogP contribution < -0.4 is 5.32 Å². The van der Waals surface area contributed by atoms with Crippen molar-refractivity contribution in [1.82, 2.24) is 10.2 Å². The highest BCUT2D eigenvalue weighted by atomic mass is 16.6. The van der Waals surface area contributed by atoms with Gasteiger partial charge >= 0.3 is 5.97 Å². The fourth-order valence-corrected chi connectivity index (χ4v) is 11.8. The lowest BCUT2D eigenvalue weighted by Crippen LogP contribution is -2.54. The number of esters is 1. The Morgan fingerprint density at radius 2 is 1.51 bits per heavy atom. The molecule has 0 radical (unpaired) electrons. The van der Waals surface area contributed by atoms with Crippen molar-refractivity contribution in [1.29, 1.82) is 0 Å². The number of amides is 4. The summed E-state index contributed by atoms with van der Waals surface area (Å²) in [6.07, 6.45) is 7.65. The van der Waals surface area contributed by atoms with E-state index in [1.165, 1.54) is 4.90 Å². The summed E-state index contributed by atoms with van der Waals surface area (Å²) < 4.78 is 42.5. The van der Waals surface area contributed by atoms with Gasteiger partial charge in [-0.1, -0.05) is 47.0 Å². The van der Waals surface area contributed by atoms with Crippen LogP contribution in [0.5, 0.6) is 0 Å². The number of likely N-dealkylation sites (tertiary alicyclic amines) is 1. The Kier molecular flexibility index (Phi) is 13.2. The van der Waals surface area contributed by atoms with E-state index in [4.69, 9.17) is 33.2 Å². The summed E-state index contributed by atoms with van der Waals surface area (Å²) in [5.74, 6) is -5.81. The molecule has 0 aromatic carbocycles. The highest BCUT2D eigenvalue weighted by Gasteiger charge is 2.65. The van der Waals surface area contributed by atoms with Crippen molar-refractivity contribution in [2.45, 2.75) is 123 Å². The van der Waals surface area contributed by atoms with E-state index >= 15 is 4.79 Å². The predicted molar refractivity (Wildman–Crippen MR) is 211 cm³/mol. The number of hydrogen-bond acceptors (Lipinski definition) is 12. The first-order valence-corrected chi connectivity index (χ1v) is 23.0. The Morgan fingerprint density at radius 3 is 2.10 bits per heavy atom. The van der Waals surface area contributed by atoms with E-state index < -0.39 is 47.7 Å². The van der Waals surface area contributed by atoms with Gasteiger partial charge in [-0.05, 0) is 75.0 Å². The van der Waals surface area contributed by atoms with Gasteiger partial charge in [0.1, 0.15) is 12.7 Å². The molecular weight excluding hydrogens is 760 g/mol. The molecule has 5 aliphatic heterocycles. The third-order valence-corrected chi connectivity index (χ3v) is 16.0. The molecule has 2 bridgehead atoms. The molecule has 5 heterocycles. The number of rotatable bonds is 21. The summed E-state index contributed by atoms with van der Waals surface area (Å²) in [4.78, 5) is 72.1. The third-order valence-electron chi connectivity index (χ3n) is 16.0. The Morgan fingerprint density at radius 1 is 0.831 bits per heavy atom. The second-order valence-corrected chi connectivity index (χ2v) is 19.6. The lowest BCUT2D eigenvalue weighted by Gasteiger charge is -2.46. The van der Waals surface area contributed by atoms with Gasteiger partial charge in [-0.25, -0.2) is 0 Å². The molecule has 3 saturated carbocycles. The van der Waals surface area contributed by atoms with Crippen molar-refractivity contribution in [2.75, 3.05) is 66.1 Å². The lowest BCUT2D eigenvalue weighted by atomic mass is 9.68. The number of nitrogens with zero attached hydrogens (tertiary/aromatic N) is 1. The number of imide groups is 2. The normalized spacial score (nSPS) is 37.0. The van der Waals surface area contributed by atoms with Crippen LogP contribution in [-0.2, 0) is 57.1 Å². The first kappa shape index (κ1) is 43.2. The third kappa shape index (κ3) is 8.53. The molecule has 12 unspecified atom stereocenters. The van der Waals surface area contributed by atoms with Gasteiger partial charge in [-0.2, -0.15) is 0 Å². The van der Waals surface area contributed by atoms with E-state index in [1.54, 1.807) is 6.92 Å². The molecule has 1 N–H and O–H groups in total. The molecule has 4 amide bonds. The van der Waals surface area contributed by atoms with E-state index in [1.807, 2.05) is 0 Å². The van der Waals surface area contributed by atoms with E-state index in [0.29, 0.717) is 85.1 Å². The van der Waals surface area contributed by atoms with Crippen LogP contribution in [0.2, 0.25) is 0 Å². The molecule has 14 heteroatoms. The minimum Gasteiger partial charge on any atom is -0.465 e. The van der Waals surface area contributed by atoms with Crippen LogP contribution in [0.15, 0.2) is 0 Å². The van der Waals surface area contributed by atoms with Gasteiger partial charge in [0, 0.05) is 30.6 Å². The van der Waals surface area contributed by atoms with Crippen LogP contribution >= 0.6 is 0 Å². The molecule has 3 aliphatic carbocycles. The van der Waals surface area contributed by atoms with Crippen LogP contribution in [0.25, 0.3) is 0 Å². The van der Waals surface area contributed by atoms with Gasteiger partial charge in [0.15, 0.2) is 0 Å². The number of epoxide rings is 1. The molecular formula is C45H68N2O12. The monoisotopic (exact) mass is 828 g/mol. The van der Waals surface area contributed by atoms with Crippen LogP contribution in [0.3, 0.4) is 0 Å². The minimum absolute atomic E-state index is 0.0269. The molecule has 14 nitrogen and oxygen atoms in total. The van der Waals surface area contributed by atoms with Gasteiger partial charge in [0.05, 0.1) is 87.5 Å². The highest BCUT2D eigenvalue weighted by molar-refractivity contribution is 6.12. The van der Waals surface area contributed by atoms with Crippen molar-refractivity contribution < 1.29 is 57.1 Å². The number of carbonyl (C=O) groups is 5. The van der Waals surface area contributed by atoms with Crippen LogP contribution in [0.4, 0.5) is 0 Å². The molecule has 8 rings (SSSR count). The summed E-state index contributed by atoms with van der Waals surface area (Å²) >= 11 is 0. The average Bonchev–Trinajstić information content (AvgIpc) is 3.66. The second-order valence-electron chi connectivity index (χ2n) is 19.6. The molecule has 8 fully saturated rings. The number of nitrogens with one attached hydrogen (secondary N) is 1. The molecule has 330 valence electrons. The quantitative estimate of drug-likeness (QED) is 0.0763. The van der Waals surface area contributed by atoms with Crippen molar-refractivity contribution >= 4 is 29.6 Å². The van der Waals surface area contributed by atoms with E-state index in [2.05, 4.69) is 26.1 Å². The van der Waals surface area contributed by atoms with Gasteiger partial charge < -0.3 is 33.2 Å². The number of ether oxygens (including phenoxy) is 7. The van der Waals surface area contributed by atoms with Crippen LogP contribution in [-0.4, -0.2) is 125 Å². The standard InChI is InChI=1S/C45H68N2O12/c1-5-44(20-54-21-44)24-58-38(36-35(34-27(4)39(48)46-40(34)49)41(50)47(42(36)51)29-12-8-7-9-13-29)37(56-15-11-10-14-53-18-30-19-57-30)33-26(3)31-16-28(33)17-32(31)43(52)59-25-45(6-2)22-55-23-45/h26-38H,5-25H2,1-4H3,(H,46,48,49). The summed E-state index contributed by atoms with van der Waals surface area (Å²) in [5, 5.41) is 2.48. The topological polar surface area (TPSA) is 169 Å². The van der Waals surface area contributed by atoms with E-state index in [0.717, 1.165) is 51.6 Å². The minimum atomic E-state index is -1.08. The SMILES string of the molecule is CCC1(COC(=O)C2CC3CC2C(C)C3C(OCCCCOCC2CO2)C(OCC2(CC)COC2)C2C(=O)N(C3CCCCC3)C(=O)C2C2C(=O)NC(=O)C2C)COC1. The van der Waals surface area contributed by atoms with Gasteiger partial charge in [0.2, 0.25) is 23.6 Å². The average molecular weight is 829 g/mol. The van der Waals surface area contributed by atoms with Crippen molar-refractivity contribution in [2.24, 2.45) is 64.1 Å². The Labute approximate surface area is 349 Å². The van der Waals surface area contributed by atoms with E-state index in [-0.39, 0.29) is 70.3 Å². The maximum absolute atomic E-state index is 15.2. The number of carbonyl (C=O) groups excluding carboxylic acids is 5. The fourth-order valence-electron chi connectivity index (χ4n) is 11.8. The predicted octanol–water partition coefficient (Wildman–Crippen LogP) is 4.10. The molecule has 0 aromatic heterocycles. The largest absolute Gasteiger partial charge is 0.465 e. The molecule has 8 aliphatic rings. The molecule has 12 atom stereocenters. The maximum atomic E-state index is 15.2. The highest BCUT2D eigenvalue weighted by Crippen LogP contribution is 2.59. The zero-order valence-corrected chi connectivity index (χ0v) is 35.7. The van der Waals surface area contributed by atoms with Crippen molar-refractivity contribution in [3.05, 3.63) is 0 Å². The summed E-state index contributed by atoms with van der Waals surface area (Å²) in [7, 11) is 0. The fraction of sp³-hybridized carbons (Fsp3) is 0.889. The zero-order chi connectivity index (χ0) is 41.5. The zero-order valence-electron chi connectivity index (χ0n) is 35.7. The lowest BCUT2D eigenvalue weighted by molar-refractivity contribution is -0.201. The summed E-state index contributed by atoms with van der Waals surface area (Å²) in [6.45, 7) is 13.3. The smallest absolute Gasteiger partial charge is 0.309 e. The van der Waals surface area contributed by atoms with E-state index in [9.17, 15) is 19.2 Å². The molecule has 59 heavy (non-hydrogen) atoms. The number of hydrogen-bond donors (Lipinski definition) is 1. The van der Waals surface area contributed by atoms with Crippen LogP contribution in [0, 0.1) is 64.1 Å². The van der Waals surface area contributed by atoms with Crippen molar-refractivity contribution in [3.8, 4) is 0 Å². The van der Waals surface area contributed by atoms with Crippen LogP contribution in [0.1, 0.15) is 98.3 Å². The van der Waals surface area contributed by atoms with Crippen molar-refractivity contribution in [3.63, 3.8) is 0 Å². The second kappa shape index (κ2) is 18.1. The van der Waals surface area contributed by atoms with Gasteiger partial charge in [-0.15, -0.1) is 0 Å². The Hall–Kier alpha value is -2.49. The van der Waals surface area contributed by atoms with Gasteiger partial charge in [0.25, 0.3) is 0 Å². The Balaban J connectivity index is 1.11. The first-order chi connectivity index (χ1) is 28.5. The maximum Gasteiger partial charge on any atom is 0.309 e. The summed E-state index contributed by atoms with van der Waals surface area (Å²) in [6, 6.07) is -0.263. The first-order valence-electron chi connectivity index (χ1n) is 23.0. The summed E-state index contributed by atoms with van der Waals surface area (Å²) in [5.41, 5.74) is -0.352. The molecule has 0 spiro atoms. The van der Waals surface area contributed by atoms with Gasteiger partial charge in [-0.3, -0.25) is 34.2 Å². The number of unbranched alkanes of at least 4 members (excludes halogenated alkanes) is 1.